The minimum atomic E-state index is 0.245. The molecule has 2 aromatic rings. The van der Waals surface area contributed by atoms with Crippen molar-refractivity contribution in [1.82, 2.24) is 14.9 Å². The summed E-state index contributed by atoms with van der Waals surface area (Å²) in [4.78, 5) is 4.16. The molecule has 0 spiro atoms. The average Bonchev–Trinajstić information content (AvgIpc) is 2.91. The number of halogens is 1. The van der Waals surface area contributed by atoms with Crippen LogP contribution in [0.25, 0.3) is 0 Å². The van der Waals surface area contributed by atoms with Crippen LogP contribution in [0.1, 0.15) is 31.1 Å². The highest BCUT2D eigenvalue weighted by molar-refractivity contribution is 9.10. The molecule has 0 saturated heterocycles. The molecule has 0 aliphatic rings. The zero-order valence-corrected chi connectivity index (χ0v) is 13.6. The van der Waals surface area contributed by atoms with Crippen LogP contribution in [0.15, 0.2) is 35.2 Å². The molecular formula is C15H20BrN3O. The zero-order valence-electron chi connectivity index (χ0n) is 12.1. The molecule has 4 nitrogen and oxygen atoms in total. The van der Waals surface area contributed by atoms with Crippen molar-refractivity contribution in [3.05, 3.63) is 46.5 Å². The van der Waals surface area contributed by atoms with Gasteiger partial charge in [-0.2, -0.15) is 0 Å². The fourth-order valence-corrected chi connectivity index (χ4v) is 2.39. The number of ether oxygens (including phenoxy) is 1. The van der Waals surface area contributed by atoms with Crippen molar-refractivity contribution in [3.63, 3.8) is 0 Å². The van der Waals surface area contributed by atoms with Crippen molar-refractivity contribution >= 4 is 15.9 Å². The molecular weight excluding hydrogens is 318 g/mol. The SMILES string of the molecule is CCn1cncc1COc1cc(Br)ccc1C(C)NC. The maximum atomic E-state index is 6.00. The molecule has 2 rings (SSSR count). The van der Waals surface area contributed by atoms with E-state index in [1.807, 2.05) is 31.7 Å². The van der Waals surface area contributed by atoms with Crippen LogP contribution < -0.4 is 10.1 Å². The summed E-state index contributed by atoms with van der Waals surface area (Å²) >= 11 is 3.50. The molecule has 1 aromatic carbocycles. The Morgan fingerprint density at radius 3 is 2.95 bits per heavy atom. The van der Waals surface area contributed by atoms with Gasteiger partial charge < -0.3 is 14.6 Å². The van der Waals surface area contributed by atoms with Gasteiger partial charge in [-0.25, -0.2) is 4.98 Å². The van der Waals surface area contributed by atoms with Crippen LogP contribution in [-0.4, -0.2) is 16.6 Å². The Morgan fingerprint density at radius 1 is 1.45 bits per heavy atom. The van der Waals surface area contributed by atoms with Gasteiger partial charge in [0.15, 0.2) is 0 Å². The van der Waals surface area contributed by atoms with Crippen LogP contribution in [-0.2, 0) is 13.2 Å². The van der Waals surface area contributed by atoms with E-state index >= 15 is 0 Å². The summed E-state index contributed by atoms with van der Waals surface area (Å²) in [5, 5.41) is 3.24. The normalized spacial score (nSPS) is 12.4. The largest absolute Gasteiger partial charge is 0.487 e. The highest BCUT2D eigenvalue weighted by Crippen LogP contribution is 2.29. The van der Waals surface area contributed by atoms with E-state index in [9.17, 15) is 0 Å². The van der Waals surface area contributed by atoms with E-state index in [2.05, 4.69) is 50.7 Å². The predicted octanol–water partition coefficient (Wildman–Crippen LogP) is 3.52. The number of nitrogens with one attached hydrogen (secondary N) is 1. The molecule has 0 amide bonds. The highest BCUT2D eigenvalue weighted by atomic mass is 79.9. The molecule has 0 radical (unpaired) electrons. The number of imidazole rings is 1. The Hall–Kier alpha value is -1.33. The summed E-state index contributed by atoms with van der Waals surface area (Å²) in [6, 6.07) is 6.37. The van der Waals surface area contributed by atoms with Gasteiger partial charge in [0.05, 0.1) is 18.2 Å². The smallest absolute Gasteiger partial charge is 0.130 e. The number of aromatic nitrogens is 2. The Morgan fingerprint density at radius 2 is 2.25 bits per heavy atom. The topological polar surface area (TPSA) is 39.1 Å². The second-order valence-corrected chi connectivity index (χ2v) is 5.57. The number of rotatable bonds is 6. The Balaban J connectivity index is 2.18. The maximum absolute atomic E-state index is 6.00. The van der Waals surface area contributed by atoms with Crippen LogP contribution in [0.5, 0.6) is 5.75 Å². The van der Waals surface area contributed by atoms with E-state index in [1.54, 1.807) is 0 Å². The maximum Gasteiger partial charge on any atom is 0.130 e. The van der Waals surface area contributed by atoms with Crippen molar-refractivity contribution in [1.29, 1.82) is 0 Å². The van der Waals surface area contributed by atoms with Crippen LogP contribution >= 0.6 is 15.9 Å². The van der Waals surface area contributed by atoms with Gasteiger partial charge in [0.25, 0.3) is 0 Å². The first-order valence-corrected chi connectivity index (χ1v) is 7.53. The molecule has 108 valence electrons. The Bertz CT molecular complexity index is 568. The van der Waals surface area contributed by atoms with Crippen molar-refractivity contribution in [2.24, 2.45) is 0 Å². The molecule has 1 heterocycles. The lowest BCUT2D eigenvalue weighted by atomic mass is 10.1. The molecule has 1 aromatic heterocycles. The van der Waals surface area contributed by atoms with Gasteiger partial charge in [0.1, 0.15) is 12.4 Å². The van der Waals surface area contributed by atoms with Gasteiger partial charge in [-0.15, -0.1) is 0 Å². The molecule has 20 heavy (non-hydrogen) atoms. The molecule has 0 bridgehead atoms. The minimum absolute atomic E-state index is 0.245. The minimum Gasteiger partial charge on any atom is -0.487 e. The third-order valence-corrected chi connectivity index (χ3v) is 3.88. The van der Waals surface area contributed by atoms with E-state index in [0.29, 0.717) is 6.61 Å². The lowest BCUT2D eigenvalue weighted by Crippen LogP contribution is -2.14. The Labute approximate surface area is 128 Å². The molecule has 0 aliphatic heterocycles. The molecule has 5 heteroatoms. The summed E-state index contributed by atoms with van der Waals surface area (Å²) in [6.07, 6.45) is 3.68. The van der Waals surface area contributed by atoms with Crippen molar-refractivity contribution in [2.45, 2.75) is 33.0 Å². The van der Waals surface area contributed by atoms with Crippen LogP contribution in [0.2, 0.25) is 0 Å². The van der Waals surface area contributed by atoms with Crippen LogP contribution in [0.3, 0.4) is 0 Å². The van der Waals surface area contributed by atoms with Gasteiger partial charge in [-0.1, -0.05) is 22.0 Å². The molecule has 0 saturated carbocycles. The zero-order chi connectivity index (χ0) is 14.5. The van der Waals surface area contributed by atoms with E-state index in [4.69, 9.17) is 4.74 Å². The first-order chi connectivity index (χ1) is 9.65. The van der Waals surface area contributed by atoms with Gasteiger partial charge in [0, 0.05) is 22.6 Å². The number of aryl methyl sites for hydroxylation is 1. The predicted molar refractivity (Wildman–Crippen MR) is 83.8 cm³/mol. The fraction of sp³-hybridized carbons (Fsp3) is 0.400. The third-order valence-electron chi connectivity index (χ3n) is 3.39. The van der Waals surface area contributed by atoms with Crippen LogP contribution in [0.4, 0.5) is 0 Å². The molecule has 1 N–H and O–H groups in total. The fourth-order valence-electron chi connectivity index (χ4n) is 2.05. The number of hydrogen-bond donors (Lipinski definition) is 1. The van der Waals surface area contributed by atoms with Crippen LogP contribution in [0, 0.1) is 0 Å². The quantitative estimate of drug-likeness (QED) is 0.876. The third kappa shape index (κ3) is 3.41. The molecule has 0 fully saturated rings. The lowest BCUT2D eigenvalue weighted by molar-refractivity contribution is 0.289. The number of hydrogen-bond acceptors (Lipinski definition) is 3. The van der Waals surface area contributed by atoms with E-state index in [1.165, 1.54) is 0 Å². The van der Waals surface area contributed by atoms with Gasteiger partial charge in [-0.3, -0.25) is 0 Å². The first kappa shape index (κ1) is 15.1. The summed E-state index contributed by atoms with van der Waals surface area (Å²) < 4.78 is 9.10. The molecule has 0 aliphatic carbocycles. The van der Waals surface area contributed by atoms with Gasteiger partial charge >= 0.3 is 0 Å². The van der Waals surface area contributed by atoms with Gasteiger partial charge in [0.2, 0.25) is 0 Å². The summed E-state index contributed by atoms with van der Waals surface area (Å²) in [6.45, 7) is 5.63. The number of benzene rings is 1. The molecule has 1 atom stereocenters. The monoisotopic (exact) mass is 337 g/mol. The van der Waals surface area contributed by atoms with Crippen molar-refractivity contribution in [3.8, 4) is 5.75 Å². The van der Waals surface area contributed by atoms with E-state index in [0.717, 1.165) is 28.0 Å². The second kappa shape index (κ2) is 6.90. The van der Waals surface area contributed by atoms with Crippen molar-refractivity contribution < 1.29 is 4.74 Å². The standard InChI is InChI=1S/C15H20BrN3O/c1-4-19-10-18-8-13(19)9-20-15-7-12(16)5-6-14(15)11(2)17-3/h5-8,10-11,17H,4,9H2,1-3H3. The molecule has 1 unspecified atom stereocenters. The number of nitrogens with zero attached hydrogens (tertiary/aromatic N) is 2. The second-order valence-electron chi connectivity index (χ2n) is 4.65. The summed E-state index contributed by atoms with van der Waals surface area (Å²) in [5.74, 6) is 0.894. The average molecular weight is 338 g/mol. The van der Waals surface area contributed by atoms with E-state index < -0.39 is 0 Å². The summed E-state index contributed by atoms with van der Waals surface area (Å²) in [7, 11) is 1.95. The highest BCUT2D eigenvalue weighted by Gasteiger charge is 2.11. The summed E-state index contributed by atoms with van der Waals surface area (Å²) in [5.41, 5.74) is 2.23. The van der Waals surface area contributed by atoms with Crippen molar-refractivity contribution in [2.75, 3.05) is 7.05 Å². The Kier molecular flexibility index (Phi) is 5.20. The first-order valence-electron chi connectivity index (χ1n) is 6.74. The van der Waals surface area contributed by atoms with E-state index in [-0.39, 0.29) is 6.04 Å². The lowest BCUT2D eigenvalue weighted by Gasteiger charge is -2.17. The van der Waals surface area contributed by atoms with Gasteiger partial charge in [-0.05, 0) is 33.0 Å².